The smallest absolute Gasteiger partial charge is 0.354 e. The number of pyridine rings is 1. The molecule has 1 heterocycles. The fourth-order valence-electron chi connectivity index (χ4n) is 1.94. The van der Waals surface area contributed by atoms with E-state index in [4.69, 9.17) is 5.11 Å². The van der Waals surface area contributed by atoms with Gasteiger partial charge >= 0.3 is 5.97 Å². The Labute approximate surface area is 105 Å². The van der Waals surface area contributed by atoms with E-state index in [0.29, 0.717) is 6.54 Å². The molecular formula is C13H16N2O3. The van der Waals surface area contributed by atoms with Crippen LogP contribution in [0.3, 0.4) is 0 Å². The minimum atomic E-state index is -1.13. The first-order valence-electron chi connectivity index (χ1n) is 6.15. The number of carbonyl (C=O) groups excluding carboxylic acids is 1. The van der Waals surface area contributed by atoms with Crippen LogP contribution < -0.4 is 5.32 Å². The standard InChI is InChI=1S/C13H16N2O3/c16-12(14-8-7-9-3-1-4-9)10-5-2-6-11(15-10)13(17)18/h2,5-6,9H,1,3-4,7-8H2,(H,14,16)(H,17,18). The highest BCUT2D eigenvalue weighted by Crippen LogP contribution is 2.28. The Morgan fingerprint density at radius 2 is 2.06 bits per heavy atom. The highest BCUT2D eigenvalue weighted by Gasteiger charge is 2.17. The summed E-state index contributed by atoms with van der Waals surface area (Å²) < 4.78 is 0. The van der Waals surface area contributed by atoms with Gasteiger partial charge < -0.3 is 10.4 Å². The predicted molar refractivity (Wildman–Crippen MR) is 65.5 cm³/mol. The van der Waals surface area contributed by atoms with Crippen LogP contribution in [0.5, 0.6) is 0 Å². The van der Waals surface area contributed by atoms with Gasteiger partial charge in [-0.1, -0.05) is 25.3 Å². The van der Waals surface area contributed by atoms with Crippen LogP contribution in [0.1, 0.15) is 46.7 Å². The maximum atomic E-state index is 11.7. The maximum absolute atomic E-state index is 11.7. The number of hydrogen-bond donors (Lipinski definition) is 2. The van der Waals surface area contributed by atoms with Gasteiger partial charge in [-0.25, -0.2) is 9.78 Å². The molecule has 5 nitrogen and oxygen atoms in total. The molecule has 1 fully saturated rings. The first kappa shape index (κ1) is 12.5. The van der Waals surface area contributed by atoms with E-state index in [9.17, 15) is 9.59 Å². The minimum absolute atomic E-state index is 0.110. The molecule has 1 aliphatic carbocycles. The summed E-state index contributed by atoms with van der Waals surface area (Å²) in [5.41, 5.74) is 0.0464. The van der Waals surface area contributed by atoms with Gasteiger partial charge in [0.15, 0.2) is 0 Å². The molecule has 1 amide bonds. The molecule has 1 saturated carbocycles. The van der Waals surface area contributed by atoms with E-state index in [1.165, 1.54) is 37.5 Å². The number of hydrogen-bond acceptors (Lipinski definition) is 3. The molecular weight excluding hydrogens is 232 g/mol. The number of nitrogens with one attached hydrogen (secondary N) is 1. The fourth-order valence-corrected chi connectivity index (χ4v) is 1.94. The van der Waals surface area contributed by atoms with E-state index in [1.54, 1.807) is 0 Å². The average Bonchev–Trinajstić information content (AvgIpc) is 2.32. The van der Waals surface area contributed by atoms with Crippen molar-refractivity contribution in [2.24, 2.45) is 5.92 Å². The second kappa shape index (κ2) is 5.62. The molecule has 1 aliphatic rings. The quantitative estimate of drug-likeness (QED) is 0.831. The lowest BCUT2D eigenvalue weighted by atomic mass is 9.83. The third-order valence-corrected chi connectivity index (χ3v) is 3.26. The number of amides is 1. The molecule has 1 aromatic heterocycles. The fraction of sp³-hybridized carbons (Fsp3) is 0.462. The summed E-state index contributed by atoms with van der Waals surface area (Å²) in [4.78, 5) is 26.3. The van der Waals surface area contributed by atoms with Crippen molar-refractivity contribution < 1.29 is 14.7 Å². The number of aromatic nitrogens is 1. The average molecular weight is 248 g/mol. The number of carbonyl (C=O) groups is 2. The maximum Gasteiger partial charge on any atom is 0.354 e. The van der Waals surface area contributed by atoms with Crippen LogP contribution in [0.2, 0.25) is 0 Å². The predicted octanol–water partition coefficient (Wildman–Crippen LogP) is 1.70. The first-order valence-corrected chi connectivity index (χ1v) is 6.15. The molecule has 96 valence electrons. The summed E-state index contributed by atoms with van der Waals surface area (Å²) >= 11 is 0. The largest absolute Gasteiger partial charge is 0.477 e. The summed E-state index contributed by atoms with van der Waals surface area (Å²) in [6, 6.07) is 4.41. The van der Waals surface area contributed by atoms with E-state index in [0.717, 1.165) is 12.3 Å². The van der Waals surface area contributed by atoms with Gasteiger partial charge in [-0.3, -0.25) is 4.79 Å². The van der Waals surface area contributed by atoms with Crippen molar-refractivity contribution in [3.63, 3.8) is 0 Å². The third kappa shape index (κ3) is 3.06. The Morgan fingerprint density at radius 3 is 2.67 bits per heavy atom. The molecule has 0 aliphatic heterocycles. The van der Waals surface area contributed by atoms with Crippen LogP contribution >= 0.6 is 0 Å². The van der Waals surface area contributed by atoms with Gasteiger partial charge in [-0.05, 0) is 24.5 Å². The number of aromatic carboxylic acids is 1. The van der Waals surface area contributed by atoms with Crippen molar-refractivity contribution in [1.82, 2.24) is 10.3 Å². The zero-order valence-corrected chi connectivity index (χ0v) is 10.1. The third-order valence-electron chi connectivity index (χ3n) is 3.26. The summed E-state index contributed by atoms with van der Waals surface area (Å²) in [5.74, 6) is -0.694. The van der Waals surface area contributed by atoms with Gasteiger partial charge in [-0.15, -0.1) is 0 Å². The van der Waals surface area contributed by atoms with Gasteiger partial charge in [0.05, 0.1) is 0 Å². The second-order valence-electron chi connectivity index (χ2n) is 4.55. The monoisotopic (exact) mass is 248 g/mol. The number of carboxylic acid groups (broad SMARTS) is 1. The van der Waals surface area contributed by atoms with Crippen molar-refractivity contribution in [2.75, 3.05) is 6.54 Å². The topological polar surface area (TPSA) is 79.3 Å². The van der Waals surface area contributed by atoms with E-state index in [-0.39, 0.29) is 17.3 Å². The van der Waals surface area contributed by atoms with E-state index < -0.39 is 5.97 Å². The van der Waals surface area contributed by atoms with Gasteiger partial charge in [0.1, 0.15) is 11.4 Å². The lowest BCUT2D eigenvalue weighted by Gasteiger charge is -2.25. The molecule has 18 heavy (non-hydrogen) atoms. The lowest BCUT2D eigenvalue weighted by molar-refractivity contribution is 0.0690. The zero-order chi connectivity index (χ0) is 13.0. The van der Waals surface area contributed by atoms with Crippen molar-refractivity contribution >= 4 is 11.9 Å². The highest BCUT2D eigenvalue weighted by atomic mass is 16.4. The molecule has 0 spiro atoms. The Bertz CT molecular complexity index is 455. The number of carboxylic acids is 1. The van der Waals surface area contributed by atoms with E-state index >= 15 is 0 Å². The van der Waals surface area contributed by atoms with Gasteiger partial charge in [0.25, 0.3) is 5.91 Å². The van der Waals surface area contributed by atoms with Crippen LogP contribution in [0.25, 0.3) is 0 Å². The van der Waals surface area contributed by atoms with E-state index in [2.05, 4.69) is 10.3 Å². The summed E-state index contributed by atoms with van der Waals surface area (Å²) in [6.45, 7) is 0.627. The second-order valence-corrected chi connectivity index (χ2v) is 4.55. The Kier molecular flexibility index (Phi) is 3.92. The molecule has 1 aromatic rings. The summed E-state index contributed by atoms with van der Waals surface area (Å²) in [5, 5.41) is 11.6. The number of rotatable bonds is 5. The summed E-state index contributed by atoms with van der Waals surface area (Å²) in [6.07, 6.45) is 4.79. The summed E-state index contributed by atoms with van der Waals surface area (Å²) in [7, 11) is 0. The van der Waals surface area contributed by atoms with Crippen molar-refractivity contribution in [2.45, 2.75) is 25.7 Å². The van der Waals surface area contributed by atoms with E-state index in [1.807, 2.05) is 0 Å². The highest BCUT2D eigenvalue weighted by molar-refractivity contribution is 5.94. The van der Waals surface area contributed by atoms with Gasteiger partial charge in [-0.2, -0.15) is 0 Å². The molecule has 5 heteroatoms. The normalized spacial score (nSPS) is 14.9. The van der Waals surface area contributed by atoms with Gasteiger partial charge in [0, 0.05) is 6.54 Å². The molecule has 0 bridgehead atoms. The SMILES string of the molecule is O=C(O)c1cccc(C(=O)NCCC2CCC2)n1. The lowest BCUT2D eigenvalue weighted by Crippen LogP contribution is -2.28. The Balaban J connectivity index is 1.87. The van der Waals surface area contributed by atoms with Gasteiger partial charge in [0.2, 0.25) is 0 Å². The van der Waals surface area contributed by atoms with Crippen LogP contribution in [-0.2, 0) is 0 Å². The van der Waals surface area contributed by atoms with Crippen LogP contribution in [0.4, 0.5) is 0 Å². The Morgan fingerprint density at radius 1 is 1.33 bits per heavy atom. The Hall–Kier alpha value is -1.91. The first-order chi connectivity index (χ1) is 8.66. The van der Waals surface area contributed by atoms with Crippen molar-refractivity contribution in [3.05, 3.63) is 29.6 Å². The molecule has 0 radical (unpaired) electrons. The number of nitrogens with zero attached hydrogens (tertiary/aromatic N) is 1. The molecule has 2 rings (SSSR count). The molecule has 0 aromatic carbocycles. The molecule has 2 N–H and O–H groups in total. The molecule has 0 unspecified atom stereocenters. The van der Waals surface area contributed by atoms with Crippen molar-refractivity contribution in [1.29, 1.82) is 0 Å². The van der Waals surface area contributed by atoms with Crippen LogP contribution in [0.15, 0.2) is 18.2 Å². The van der Waals surface area contributed by atoms with Crippen LogP contribution in [0, 0.1) is 5.92 Å². The molecule has 0 saturated heterocycles. The molecule has 0 atom stereocenters. The minimum Gasteiger partial charge on any atom is -0.477 e. The van der Waals surface area contributed by atoms with Crippen molar-refractivity contribution in [3.8, 4) is 0 Å². The zero-order valence-electron chi connectivity index (χ0n) is 10.1. The van der Waals surface area contributed by atoms with Crippen LogP contribution in [-0.4, -0.2) is 28.5 Å².